The fourth-order valence-electron chi connectivity index (χ4n) is 2.06. The molecule has 2 N–H and O–H groups in total. The van der Waals surface area contributed by atoms with E-state index in [4.69, 9.17) is 0 Å². The second kappa shape index (κ2) is 8.29. The van der Waals surface area contributed by atoms with Crippen LogP contribution < -0.4 is 15.5 Å². The summed E-state index contributed by atoms with van der Waals surface area (Å²) in [6.07, 6.45) is 4.14. The third-order valence-corrected chi connectivity index (χ3v) is 3.55. The van der Waals surface area contributed by atoms with Crippen LogP contribution in [0.15, 0.2) is 36.7 Å². The van der Waals surface area contributed by atoms with Gasteiger partial charge in [-0.2, -0.15) is 0 Å². The number of hydrogen-bond donors (Lipinski definition) is 2. The molecule has 1 amide bonds. The van der Waals surface area contributed by atoms with E-state index in [0.29, 0.717) is 17.4 Å². The number of rotatable bonds is 7. The summed E-state index contributed by atoms with van der Waals surface area (Å²) in [5.74, 6) is 1.05. The number of aromatic nitrogens is 2. The second-order valence-electron chi connectivity index (χ2n) is 6.29. The number of carbonyl (C=O) groups is 1. The minimum absolute atomic E-state index is 0.270. The molecule has 6 nitrogen and oxygen atoms in total. The standard InChI is InChI=1S/C18H25N5O/c1-13(2)9-10-19-17-12-20-16(11-21-17)18(24)22-14-5-7-15(8-6-14)23(3)4/h5-8,11-13H,9-10H2,1-4H3,(H,19,21)(H,22,24). The average Bonchev–Trinajstić information content (AvgIpc) is 2.55. The molecule has 0 saturated heterocycles. The van der Waals surface area contributed by atoms with Crippen LogP contribution in [-0.2, 0) is 0 Å². The van der Waals surface area contributed by atoms with E-state index in [2.05, 4.69) is 34.4 Å². The summed E-state index contributed by atoms with van der Waals surface area (Å²) in [6, 6.07) is 7.62. The molecule has 128 valence electrons. The lowest BCUT2D eigenvalue weighted by atomic mass is 10.1. The van der Waals surface area contributed by atoms with Crippen LogP contribution in [0.4, 0.5) is 17.2 Å². The van der Waals surface area contributed by atoms with Crippen molar-refractivity contribution < 1.29 is 4.79 Å². The molecule has 0 fully saturated rings. The highest BCUT2D eigenvalue weighted by atomic mass is 16.1. The zero-order valence-corrected chi connectivity index (χ0v) is 14.7. The number of nitrogens with one attached hydrogen (secondary N) is 2. The first-order valence-corrected chi connectivity index (χ1v) is 8.10. The fraction of sp³-hybridized carbons (Fsp3) is 0.389. The van der Waals surface area contributed by atoms with Crippen molar-refractivity contribution in [3.8, 4) is 0 Å². The Morgan fingerprint density at radius 1 is 1.12 bits per heavy atom. The second-order valence-corrected chi connectivity index (χ2v) is 6.29. The third-order valence-electron chi connectivity index (χ3n) is 3.55. The van der Waals surface area contributed by atoms with E-state index in [0.717, 1.165) is 24.3 Å². The van der Waals surface area contributed by atoms with Gasteiger partial charge < -0.3 is 15.5 Å². The van der Waals surface area contributed by atoms with Crippen molar-refractivity contribution in [2.75, 3.05) is 36.2 Å². The molecular formula is C18H25N5O. The molecule has 1 heterocycles. The molecule has 2 aromatic rings. The van der Waals surface area contributed by atoms with Gasteiger partial charge >= 0.3 is 0 Å². The molecule has 2 rings (SSSR count). The van der Waals surface area contributed by atoms with Crippen molar-refractivity contribution in [2.45, 2.75) is 20.3 Å². The van der Waals surface area contributed by atoms with Crippen LogP contribution in [0.1, 0.15) is 30.8 Å². The Balaban J connectivity index is 1.92. The van der Waals surface area contributed by atoms with Gasteiger partial charge in [0.15, 0.2) is 0 Å². The van der Waals surface area contributed by atoms with E-state index >= 15 is 0 Å². The van der Waals surface area contributed by atoms with Crippen LogP contribution in [0.25, 0.3) is 0 Å². The Kier molecular flexibility index (Phi) is 6.12. The lowest BCUT2D eigenvalue weighted by molar-refractivity contribution is 0.102. The molecule has 1 aromatic heterocycles. The monoisotopic (exact) mass is 327 g/mol. The quantitative estimate of drug-likeness (QED) is 0.817. The molecule has 0 saturated carbocycles. The van der Waals surface area contributed by atoms with Crippen molar-refractivity contribution in [2.24, 2.45) is 5.92 Å². The Morgan fingerprint density at radius 3 is 2.38 bits per heavy atom. The summed E-state index contributed by atoms with van der Waals surface area (Å²) in [5.41, 5.74) is 2.09. The highest BCUT2D eigenvalue weighted by molar-refractivity contribution is 6.02. The van der Waals surface area contributed by atoms with Gasteiger partial charge in [-0.3, -0.25) is 4.79 Å². The fourth-order valence-corrected chi connectivity index (χ4v) is 2.06. The predicted molar refractivity (Wildman–Crippen MR) is 98.7 cm³/mol. The van der Waals surface area contributed by atoms with Gasteiger partial charge in [0, 0.05) is 32.0 Å². The van der Waals surface area contributed by atoms with Gasteiger partial charge in [-0.1, -0.05) is 13.8 Å². The molecule has 0 bridgehead atoms. The minimum atomic E-state index is -0.270. The molecule has 1 aromatic carbocycles. The number of nitrogens with zero attached hydrogens (tertiary/aromatic N) is 3. The van der Waals surface area contributed by atoms with E-state index in [1.54, 1.807) is 6.20 Å². The van der Waals surface area contributed by atoms with Crippen LogP contribution in [0.3, 0.4) is 0 Å². The maximum atomic E-state index is 12.2. The Hall–Kier alpha value is -2.63. The molecule has 24 heavy (non-hydrogen) atoms. The molecule has 0 unspecified atom stereocenters. The van der Waals surface area contributed by atoms with Crippen molar-refractivity contribution in [1.82, 2.24) is 9.97 Å². The average molecular weight is 327 g/mol. The maximum absolute atomic E-state index is 12.2. The van der Waals surface area contributed by atoms with E-state index in [-0.39, 0.29) is 5.91 Å². The van der Waals surface area contributed by atoms with Crippen molar-refractivity contribution >= 4 is 23.1 Å². The molecule has 0 radical (unpaired) electrons. The topological polar surface area (TPSA) is 70.2 Å². The van der Waals surface area contributed by atoms with Crippen molar-refractivity contribution in [1.29, 1.82) is 0 Å². The zero-order chi connectivity index (χ0) is 17.5. The van der Waals surface area contributed by atoms with Gasteiger partial charge in [0.25, 0.3) is 5.91 Å². The van der Waals surface area contributed by atoms with Crippen LogP contribution in [0.2, 0.25) is 0 Å². The van der Waals surface area contributed by atoms with Gasteiger partial charge in [-0.25, -0.2) is 9.97 Å². The van der Waals surface area contributed by atoms with Crippen LogP contribution in [0, 0.1) is 5.92 Å². The summed E-state index contributed by atoms with van der Waals surface area (Å²) in [5, 5.41) is 6.02. The normalized spacial score (nSPS) is 10.5. The van der Waals surface area contributed by atoms with Crippen LogP contribution >= 0.6 is 0 Å². The minimum Gasteiger partial charge on any atom is -0.378 e. The Bertz CT molecular complexity index is 650. The van der Waals surface area contributed by atoms with Gasteiger partial charge in [0.2, 0.25) is 0 Å². The number of anilines is 3. The number of carbonyl (C=O) groups excluding carboxylic acids is 1. The number of hydrogen-bond acceptors (Lipinski definition) is 5. The van der Waals surface area contributed by atoms with E-state index in [1.165, 1.54) is 6.20 Å². The first-order chi connectivity index (χ1) is 11.5. The van der Waals surface area contributed by atoms with E-state index in [1.807, 2.05) is 43.3 Å². The number of benzene rings is 1. The van der Waals surface area contributed by atoms with Crippen LogP contribution in [0.5, 0.6) is 0 Å². The highest BCUT2D eigenvalue weighted by Crippen LogP contribution is 2.16. The SMILES string of the molecule is CC(C)CCNc1cnc(C(=O)Nc2ccc(N(C)C)cc2)cn1. The predicted octanol–water partition coefficient (Wildman–Crippen LogP) is 3.25. The van der Waals surface area contributed by atoms with Gasteiger partial charge in [-0.05, 0) is 36.6 Å². The summed E-state index contributed by atoms with van der Waals surface area (Å²) in [6.45, 7) is 5.19. The van der Waals surface area contributed by atoms with Gasteiger partial charge in [-0.15, -0.1) is 0 Å². The lowest BCUT2D eigenvalue weighted by Crippen LogP contribution is -2.15. The summed E-state index contributed by atoms with van der Waals surface area (Å²) in [4.78, 5) is 22.6. The molecule has 0 spiro atoms. The first-order valence-electron chi connectivity index (χ1n) is 8.10. The molecule has 0 aliphatic carbocycles. The molecule has 0 aliphatic heterocycles. The molecular weight excluding hydrogens is 302 g/mol. The Labute approximate surface area is 143 Å². The van der Waals surface area contributed by atoms with Crippen molar-refractivity contribution in [3.05, 3.63) is 42.4 Å². The van der Waals surface area contributed by atoms with E-state index < -0.39 is 0 Å². The summed E-state index contributed by atoms with van der Waals surface area (Å²) >= 11 is 0. The van der Waals surface area contributed by atoms with Crippen molar-refractivity contribution in [3.63, 3.8) is 0 Å². The highest BCUT2D eigenvalue weighted by Gasteiger charge is 2.09. The van der Waals surface area contributed by atoms with Crippen LogP contribution in [-0.4, -0.2) is 36.5 Å². The zero-order valence-electron chi connectivity index (χ0n) is 14.7. The summed E-state index contributed by atoms with van der Waals surface area (Å²) in [7, 11) is 3.94. The Morgan fingerprint density at radius 2 is 1.83 bits per heavy atom. The largest absolute Gasteiger partial charge is 0.378 e. The van der Waals surface area contributed by atoms with Gasteiger partial charge in [0.1, 0.15) is 11.5 Å². The molecule has 0 atom stereocenters. The van der Waals surface area contributed by atoms with Gasteiger partial charge in [0.05, 0.1) is 12.4 Å². The molecule has 0 aliphatic rings. The lowest BCUT2D eigenvalue weighted by Gasteiger charge is -2.13. The first kappa shape index (κ1) is 17.7. The molecule has 6 heteroatoms. The number of amides is 1. The smallest absolute Gasteiger partial charge is 0.275 e. The third kappa shape index (κ3) is 5.22. The maximum Gasteiger partial charge on any atom is 0.275 e. The summed E-state index contributed by atoms with van der Waals surface area (Å²) < 4.78 is 0. The van der Waals surface area contributed by atoms with E-state index in [9.17, 15) is 4.79 Å².